The Hall–Kier alpha value is -2.87. The molecule has 1 N–H and O–H groups in total. The molecule has 3 rings (SSSR count). The van der Waals surface area contributed by atoms with Gasteiger partial charge in [-0.05, 0) is 41.0 Å². The molecule has 4 nitrogen and oxygen atoms in total. The molecule has 3 aromatic rings. The molecule has 0 fully saturated rings. The molecule has 0 bridgehead atoms. The number of methoxy groups -OCH3 is 1. The van der Waals surface area contributed by atoms with E-state index in [1.165, 1.54) is 31.4 Å². The molecule has 0 aliphatic carbocycles. The van der Waals surface area contributed by atoms with E-state index in [9.17, 15) is 18.3 Å². The predicted molar refractivity (Wildman–Crippen MR) is 110 cm³/mol. The molecule has 0 saturated heterocycles. The van der Waals surface area contributed by atoms with Crippen molar-refractivity contribution >= 4 is 0 Å². The van der Waals surface area contributed by atoms with Gasteiger partial charge in [-0.15, -0.1) is 0 Å². The van der Waals surface area contributed by atoms with Crippen LogP contribution in [0.4, 0.5) is 13.2 Å². The highest BCUT2D eigenvalue weighted by atomic mass is 19.4. The smallest absolute Gasteiger partial charge is 0.423 e. The van der Waals surface area contributed by atoms with Gasteiger partial charge >= 0.3 is 6.18 Å². The Morgan fingerprint density at radius 2 is 1.45 bits per heavy atom. The van der Waals surface area contributed by atoms with Crippen LogP contribution in [0.15, 0.2) is 78.9 Å². The SMILES string of the molecule is COCc1ccc(C(O)(COCc2cccc(Oc3ccccc3)c2)C(F)(F)F)cc1. The third-order valence-corrected chi connectivity index (χ3v) is 4.67. The van der Waals surface area contributed by atoms with Crippen LogP contribution in [0.25, 0.3) is 0 Å². The van der Waals surface area contributed by atoms with E-state index in [4.69, 9.17) is 14.2 Å². The minimum atomic E-state index is -4.91. The van der Waals surface area contributed by atoms with Crippen molar-refractivity contribution in [1.82, 2.24) is 0 Å². The highest BCUT2D eigenvalue weighted by molar-refractivity contribution is 5.34. The van der Waals surface area contributed by atoms with Gasteiger partial charge in [0, 0.05) is 7.11 Å². The maximum atomic E-state index is 13.7. The number of hydrogen-bond donors (Lipinski definition) is 1. The van der Waals surface area contributed by atoms with E-state index < -0.39 is 18.4 Å². The summed E-state index contributed by atoms with van der Waals surface area (Å²) in [5.74, 6) is 1.18. The summed E-state index contributed by atoms with van der Waals surface area (Å²) in [4.78, 5) is 0. The van der Waals surface area contributed by atoms with Crippen molar-refractivity contribution in [2.24, 2.45) is 0 Å². The average Bonchev–Trinajstić information content (AvgIpc) is 2.75. The Morgan fingerprint density at radius 3 is 2.10 bits per heavy atom. The minimum Gasteiger partial charge on any atom is -0.457 e. The fourth-order valence-corrected chi connectivity index (χ4v) is 3.01. The molecule has 1 atom stereocenters. The molecule has 7 heteroatoms. The van der Waals surface area contributed by atoms with Crippen LogP contribution in [0, 0.1) is 0 Å². The first kappa shape index (κ1) is 22.8. The van der Waals surface area contributed by atoms with Gasteiger partial charge in [0.1, 0.15) is 11.5 Å². The summed E-state index contributed by atoms with van der Waals surface area (Å²) >= 11 is 0. The Kier molecular flexibility index (Phi) is 7.33. The Morgan fingerprint density at radius 1 is 0.774 bits per heavy atom. The maximum Gasteiger partial charge on any atom is 0.423 e. The van der Waals surface area contributed by atoms with E-state index in [-0.39, 0.29) is 18.8 Å². The highest BCUT2D eigenvalue weighted by Crippen LogP contribution is 2.39. The fourth-order valence-electron chi connectivity index (χ4n) is 3.01. The van der Waals surface area contributed by atoms with E-state index in [0.29, 0.717) is 22.6 Å². The van der Waals surface area contributed by atoms with E-state index in [1.54, 1.807) is 36.4 Å². The van der Waals surface area contributed by atoms with Gasteiger partial charge in [-0.1, -0.05) is 54.6 Å². The van der Waals surface area contributed by atoms with E-state index >= 15 is 0 Å². The molecule has 0 amide bonds. The van der Waals surface area contributed by atoms with Crippen LogP contribution in [0.5, 0.6) is 11.5 Å². The average molecular weight is 432 g/mol. The Labute approximate surface area is 178 Å². The van der Waals surface area contributed by atoms with Gasteiger partial charge in [0.2, 0.25) is 5.60 Å². The molecule has 0 aliphatic rings. The molecule has 0 saturated carbocycles. The lowest BCUT2D eigenvalue weighted by molar-refractivity contribution is -0.283. The third-order valence-electron chi connectivity index (χ3n) is 4.67. The fraction of sp³-hybridized carbons (Fsp3) is 0.250. The number of hydrogen-bond acceptors (Lipinski definition) is 4. The first-order valence-corrected chi connectivity index (χ1v) is 9.59. The lowest BCUT2D eigenvalue weighted by Gasteiger charge is -2.31. The Balaban J connectivity index is 1.68. The number of aliphatic hydroxyl groups is 1. The van der Waals surface area contributed by atoms with Crippen molar-refractivity contribution in [1.29, 1.82) is 0 Å². The summed E-state index contributed by atoms with van der Waals surface area (Å²) in [7, 11) is 1.49. The van der Waals surface area contributed by atoms with Crippen LogP contribution in [0.1, 0.15) is 16.7 Å². The molecule has 31 heavy (non-hydrogen) atoms. The largest absolute Gasteiger partial charge is 0.457 e. The van der Waals surface area contributed by atoms with Crippen LogP contribution < -0.4 is 4.74 Å². The summed E-state index contributed by atoms with van der Waals surface area (Å²) < 4.78 is 57.1. The molecule has 0 spiro atoms. The van der Waals surface area contributed by atoms with Crippen molar-refractivity contribution in [3.8, 4) is 11.5 Å². The standard InChI is InChI=1S/C24H23F3O4/c1-29-15-18-10-12-20(13-11-18)23(28,24(25,26)27)17-30-16-19-6-5-9-22(14-19)31-21-7-3-2-4-8-21/h2-14,28H,15-17H2,1H3. The normalized spacial score (nSPS) is 13.6. The van der Waals surface area contributed by atoms with Crippen molar-refractivity contribution in [3.05, 3.63) is 95.6 Å². The van der Waals surface area contributed by atoms with Gasteiger partial charge in [-0.25, -0.2) is 0 Å². The van der Waals surface area contributed by atoms with Crippen LogP contribution >= 0.6 is 0 Å². The third kappa shape index (κ3) is 5.85. The molecular formula is C24H23F3O4. The lowest BCUT2D eigenvalue weighted by Crippen LogP contribution is -2.46. The molecule has 3 aromatic carbocycles. The van der Waals surface area contributed by atoms with Crippen molar-refractivity contribution in [2.45, 2.75) is 25.0 Å². The van der Waals surface area contributed by atoms with Gasteiger partial charge in [-0.3, -0.25) is 0 Å². The second-order valence-corrected chi connectivity index (χ2v) is 7.04. The minimum absolute atomic E-state index is 0.119. The van der Waals surface area contributed by atoms with Crippen molar-refractivity contribution < 1.29 is 32.5 Å². The maximum absolute atomic E-state index is 13.7. The highest BCUT2D eigenvalue weighted by Gasteiger charge is 2.55. The number of rotatable bonds is 9. The van der Waals surface area contributed by atoms with Crippen molar-refractivity contribution in [3.63, 3.8) is 0 Å². The van der Waals surface area contributed by atoms with Crippen LogP contribution in [-0.2, 0) is 28.3 Å². The van der Waals surface area contributed by atoms with Gasteiger partial charge in [0.25, 0.3) is 0 Å². The number of halogens is 3. The van der Waals surface area contributed by atoms with E-state index in [2.05, 4.69) is 0 Å². The van der Waals surface area contributed by atoms with Crippen LogP contribution in [-0.4, -0.2) is 25.0 Å². The van der Waals surface area contributed by atoms with Crippen molar-refractivity contribution in [2.75, 3.05) is 13.7 Å². The van der Waals surface area contributed by atoms with Gasteiger partial charge in [-0.2, -0.15) is 13.2 Å². The topological polar surface area (TPSA) is 47.9 Å². The van der Waals surface area contributed by atoms with Gasteiger partial charge in [0.15, 0.2) is 0 Å². The summed E-state index contributed by atoms with van der Waals surface area (Å²) in [5.41, 5.74) is -2.10. The summed E-state index contributed by atoms with van der Waals surface area (Å²) in [5, 5.41) is 10.5. The molecule has 0 heterocycles. The molecule has 164 valence electrons. The number of alkyl halides is 3. The zero-order valence-electron chi connectivity index (χ0n) is 16.9. The molecule has 1 unspecified atom stereocenters. The number of ether oxygens (including phenoxy) is 3. The zero-order chi connectivity index (χ0) is 22.3. The monoisotopic (exact) mass is 432 g/mol. The molecular weight excluding hydrogens is 409 g/mol. The molecule has 0 radical (unpaired) electrons. The van der Waals surface area contributed by atoms with Crippen LogP contribution in [0.3, 0.4) is 0 Å². The summed E-state index contributed by atoms with van der Waals surface area (Å²) in [6, 6.07) is 21.4. The van der Waals surface area contributed by atoms with Gasteiger partial charge in [0.05, 0.1) is 19.8 Å². The van der Waals surface area contributed by atoms with E-state index in [0.717, 1.165) is 0 Å². The first-order chi connectivity index (χ1) is 14.8. The predicted octanol–water partition coefficient (Wildman–Crippen LogP) is 5.59. The molecule has 0 aromatic heterocycles. The van der Waals surface area contributed by atoms with Gasteiger partial charge < -0.3 is 19.3 Å². The number of para-hydroxylation sites is 1. The quantitative estimate of drug-likeness (QED) is 0.479. The first-order valence-electron chi connectivity index (χ1n) is 9.59. The number of benzene rings is 3. The second-order valence-electron chi connectivity index (χ2n) is 7.04. The van der Waals surface area contributed by atoms with E-state index in [1.807, 2.05) is 18.2 Å². The lowest BCUT2D eigenvalue weighted by atomic mass is 9.93. The Bertz CT molecular complexity index is 959. The zero-order valence-corrected chi connectivity index (χ0v) is 16.9. The summed E-state index contributed by atoms with van der Waals surface area (Å²) in [6.07, 6.45) is -4.91. The molecule has 0 aliphatic heterocycles. The summed E-state index contributed by atoms with van der Waals surface area (Å²) in [6.45, 7) is -0.793. The second kappa shape index (κ2) is 9.96. The van der Waals surface area contributed by atoms with Crippen LogP contribution in [0.2, 0.25) is 0 Å².